The van der Waals surface area contributed by atoms with Crippen LogP contribution >= 0.6 is 0 Å². The monoisotopic (exact) mass is 302 g/mol. The highest BCUT2D eigenvalue weighted by atomic mass is 16.4. The van der Waals surface area contributed by atoms with Crippen molar-refractivity contribution in [2.75, 3.05) is 0 Å². The van der Waals surface area contributed by atoms with Crippen LogP contribution in [0.5, 0.6) is 0 Å². The summed E-state index contributed by atoms with van der Waals surface area (Å²) in [5, 5.41) is 12.9. The lowest BCUT2D eigenvalue weighted by Crippen LogP contribution is -2.89. The number of aliphatic hydroxyl groups is 1. The average molecular weight is 302 g/mol. The Hall–Kier alpha value is -1.65. The second-order valence-electron chi connectivity index (χ2n) is 6.48. The Kier molecular flexibility index (Phi) is 4.32. The van der Waals surface area contributed by atoms with Gasteiger partial charge in [0.05, 0.1) is 12.1 Å². The van der Waals surface area contributed by atoms with Crippen molar-refractivity contribution >= 4 is 11.0 Å². The van der Waals surface area contributed by atoms with Crippen molar-refractivity contribution < 1.29 is 14.8 Å². The van der Waals surface area contributed by atoms with Crippen molar-refractivity contribution in [2.24, 2.45) is 0 Å². The molecule has 3 N–H and O–H groups in total. The van der Waals surface area contributed by atoms with Crippen LogP contribution in [0.1, 0.15) is 42.4 Å². The average Bonchev–Trinajstić information content (AvgIpc) is 2.50. The van der Waals surface area contributed by atoms with E-state index < -0.39 is 0 Å². The molecule has 0 unspecified atom stereocenters. The van der Waals surface area contributed by atoms with Crippen molar-refractivity contribution in [1.82, 2.24) is 0 Å². The zero-order valence-corrected chi connectivity index (χ0v) is 13.3. The number of benzene rings is 1. The second-order valence-corrected chi connectivity index (χ2v) is 6.48. The zero-order chi connectivity index (χ0) is 15.7. The lowest BCUT2D eigenvalue weighted by molar-refractivity contribution is -0.707. The van der Waals surface area contributed by atoms with Gasteiger partial charge in [0, 0.05) is 29.9 Å². The number of nitrogens with two attached hydrogens (primary N) is 1. The molecule has 0 radical (unpaired) electrons. The minimum Gasteiger partial charge on any atom is -0.422 e. The van der Waals surface area contributed by atoms with Gasteiger partial charge in [-0.3, -0.25) is 0 Å². The molecular weight excluding hydrogens is 278 g/mol. The summed E-state index contributed by atoms with van der Waals surface area (Å²) < 4.78 is 5.42. The molecule has 0 atom stereocenters. The molecule has 4 nitrogen and oxygen atoms in total. The standard InChI is InChI=1S/C18H23NO3/c1-11-3-8-16-13(9-17(21)22-18(16)12(11)2)10-19-14-4-6-15(20)7-5-14/h3,8-9,14-15,19-20H,4-7,10H2,1-2H3/p+1. The van der Waals surface area contributed by atoms with E-state index in [4.69, 9.17) is 4.42 Å². The van der Waals surface area contributed by atoms with E-state index in [9.17, 15) is 9.90 Å². The lowest BCUT2D eigenvalue weighted by Gasteiger charge is -2.23. The molecule has 1 heterocycles. The van der Waals surface area contributed by atoms with Crippen LogP contribution in [0, 0.1) is 13.8 Å². The third-order valence-electron chi connectivity index (χ3n) is 4.93. The molecule has 118 valence electrons. The van der Waals surface area contributed by atoms with Gasteiger partial charge in [0.1, 0.15) is 12.1 Å². The van der Waals surface area contributed by atoms with Crippen LogP contribution in [0.2, 0.25) is 0 Å². The maximum atomic E-state index is 11.8. The Labute approximate surface area is 130 Å². The molecule has 2 aromatic rings. The summed E-state index contributed by atoms with van der Waals surface area (Å²) in [5.41, 5.74) is 3.66. The molecule has 3 rings (SSSR count). The predicted octanol–water partition coefficient (Wildman–Crippen LogP) is 1.78. The van der Waals surface area contributed by atoms with E-state index in [1.165, 1.54) is 0 Å². The SMILES string of the molecule is Cc1ccc2c(C[NH2+]C3CCC(O)CC3)cc(=O)oc2c1C. The topological polar surface area (TPSA) is 67.1 Å². The summed E-state index contributed by atoms with van der Waals surface area (Å²) in [7, 11) is 0. The molecule has 0 saturated heterocycles. The van der Waals surface area contributed by atoms with Gasteiger partial charge >= 0.3 is 5.63 Å². The van der Waals surface area contributed by atoms with Crippen LogP contribution in [0.4, 0.5) is 0 Å². The van der Waals surface area contributed by atoms with E-state index in [0.29, 0.717) is 6.04 Å². The minimum atomic E-state index is -0.274. The van der Waals surface area contributed by atoms with Crippen LogP contribution < -0.4 is 10.9 Å². The van der Waals surface area contributed by atoms with Crippen molar-refractivity contribution in [3.63, 3.8) is 0 Å². The number of quaternary nitrogens is 1. The highest BCUT2D eigenvalue weighted by molar-refractivity contribution is 5.83. The van der Waals surface area contributed by atoms with E-state index in [1.54, 1.807) is 6.07 Å². The number of rotatable bonds is 3. The molecule has 1 aromatic heterocycles. The number of fused-ring (bicyclic) bond motifs is 1. The highest BCUT2D eigenvalue weighted by Crippen LogP contribution is 2.23. The highest BCUT2D eigenvalue weighted by Gasteiger charge is 2.22. The Bertz CT molecular complexity index is 727. The van der Waals surface area contributed by atoms with Gasteiger partial charge in [-0.05, 0) is 37.8 Å². The first-order valence-electron chi connectivity index (χ1n) is 8.09. The van der Waals surface area contributed by atoms with Gasteiger partial charge in [0.15, 0.2) is 0 Å². The van der Waals surface area contributed by atoms with E-state index in [2.05, 4.69) is 17.4 Å². The molecule has 22 heavy (non-hydrogen) atoms. The third kappa shape index (κ3) is 3.08. The molecule has 1 aliphatic rings. The van der Waals surface area contributed by atoms with Crippen LogP contribution in [0.25, 0.3) is 11.0 Å². The molecule has 0 amide bonds. The van der Waals surface area contributed by atoms with Gasteiger partial charge < -0.3 is 14.8 Å². The molecule has 1 saturated carbocycles. The molecule has 0 bridgehead atoms. The maximum Gasteiger partial charge on any atom is 0.336 e. The third-order valence-corrected chi connectivity index (χ3v) is 4.93. The van der Waals surface area contributed by atoms with Crippen LogP contribution in [-0.2, 0) is 6.54 Å². The van der Waals surface area contributed by atoms with Crippen molar-refractivity contribution in [1.29, 1.82) is 0 Å². The predicted molar refractivity (Wildman–Crippen MR) is 85.9 cm³/mol. The Morgan fingerprint density at radius 2 is 1.95 bits per heavy atom. The van der Waals surface area contributed by atoms with Gasteiger partial charge in [-0.25, -0.2) is 4.79 Å². The normalized spacial score (nSPS) is 22.1. The fourth-order valence-electron chi connectivity index (χ4n) is 3.32. The van der Waals surface area contributed by atoms with E-state index >= 15 is 0 Å². The van der Waals surface area contributed by atoms with Crippen molar-refractivity contribution in [3.8, 4) is 0 Å². The van der Waals surface area contributed by atoms with Gasteiger partial charge in [-0.15, -0.1) is 0 Å². The number of aryl methyl sites for hydroxylation is 2. The lowest BCUT2D eigenvalue weighted by atomic mass is 9.93. The van der Waals surface area contributed by atoms with Gasteiger partial charge in [-0.1, -0.05) is 12.1 Å². The van der Waals surface area contributed by atoms with Gasteiger partial charge in [-0.2, -0.15) is 0 Å². The molecular formula is C18H24NO3+. The fraction of sp³-hybridized carbons (Fsp3) is 0.500. The minimum absolute atomic E-state index is 0.125. The summed E-state index contributed by atoms with van der Waals surface area (Å²) in [5.74, 6) is 0. The molecule has 1 aromatic carbocycles. The largest absolute Gasteiger partial charge is 0.422 e. The Morgan fingerprint density at radius 1 is 1.23 bits per heavy atom. The van der Waals surface area contributed by atoms with Crippen LogP contribution in [0.3, 0.4) is 0 Å². The quantitative estimate of drug-likeness (QED) is 0.849. The molecule has 1 fully saturated rings. The maximum absolute atomic E-state index is 11.8. The van der Waals surface area contributed by atoms with Crippen LogP contribution in [-0.4, -0.2) is 17.3 Å². The van der Waals surface area contributed by atoms with E-state index in [1.807, 2.05) is 13.8 Å². The molecule has 4 heteroatoms. The zero-order valence-electron chi connectivity index (χ0n) is 13.3. The van der Waals surface area contributed by atoms with Crippen molar-refractivity contribution in [2.45, 2.75) is 58.2 Å². The summed E-state index contributed by atoms with van der Waals surface area (Å²) >= 11 is 0. The smallest absolute Gasteiger partial charge is 0.336 e. The Balaban J connectivity index is 1.84. The van der Waals surface area contributed by atoms with Crippen LogP contribution in [0.15, 0.2) is 27.4 Å². The first kappa shape index (κ1) is 15.3. The molecule has 1 aliphatic carbocycles. The summed E-state index contributed by atoms with van der Waals surface area (Å²) in [6, 6.07) is 6.29. The number of hydrogen-bond acceptors (Lipinski definition) is 3. The summed E-state index contributed by atoms with van der Waals surface area (Å²) in [6.45, 7) is 4.81. The van der Waals surface area contributed by atoms with E-state index in [-0.39, 0.29) is 11.7 Å². The Morgan fingerprint density at radius 3 is 2.68 bits per heavy atom. The second kappa shape index (κ2) is 6.23. The van der Waals surface area contributed by atoms with Gasteiger partial charge in [0.2, 0.25) is 0 Å². The molecule has 0 aliphatic heterocycles. The van der Waals surface area contributed by atoms with Gasteiger partial charge in [0.25, 0.3) is 0 Å². The van der Waals surface area contributed by atoms with E-state index in [0.717, 1.165) is 59.9 Å². The number of hydrogen-bond donors (Lipinski definition) is 2. The number of aliphatic hydroxyl groups excluding tert-OH is 1. The van der Waals surface area contributed by atoms with Crippen molar-refractivity contribution in [3.05, 3.63) is 45.3 Å². The first-order chi connectivity index (χ1) is 10.5. The fourth-order valence-corrected chi connectivity index (χ4v) is 3.32. The molecule has 0 spiro atoms. The summed E-state index contributed by atoms with van der Waals surface area (Å²) in [4.78, 5) is 11.8. The first-order valence-corrected chi connectivity index (χ1v) is 8.09. The summed E-state index contributed by atoms with van der Waals surface area (Å²) in [6.07, 6.45) is 3.73.